The van der Waals surface area contributed by atoms with Gasteiger partial charge in [-0.05, 0) is 24.1 Å². The molecule has 0 saturated heterocycles. The van der Waals surface area contributed by atoms with Gasteiger partial charge in [-0.25, -0.2) is 8.78 Å². The lowest BCUT2D eigenvalue weighted by molar-refractivity contribution is 0.575. The maximum atomic E-state index is 13.0. The highest BCUT2D eigenvalue weighted by molar-refractivity contribution is 5.85. The Bertz CT molecular complexity index is 523. The van der Waals surface area contributed by atoms with Crippen molar-refractivity contribution in [2.45, 2.75) is 33.0 Å². The van der Waals surface area contributed by atoms with Crippen LogP contribution in [0.1, 0.15) is 24.5 Å². The smallest absolute Gasteiger partial charge is 0.126 e. The maximum absolute atomic E-state index is 13.0. The Hall–Kier alpha value is -1.46. The van der Waals surface area contributed by atoms with Crippen LogP contribution in [0.25, 0.3) is 0 Å². The van der Waals surface area contributed by atoms with E-state index in [1.807, 2.05) is 10.9 Å². The first-order valence-corrected chi connectivity index (χ1v) is 6.34. The fraction of sp³-hybridized carbons (Fsp3) is 0.357. The summed E-state index contributed by atoms with van der Waals surface area (Å²) in [4.78, 5) is 0. The van der Waals surface area contributed by atoms with E-state index in [0.29, 0.717) is 18.7 Å². The Kier molecular flexibility index (Phi) is 6.61. The number of aryl methyl sites for hydroxylation is 1. The van der Waals surface area contributed by atoms with Crippen LogP contribution in [0.5, 0.6) is 0 Å². The average molecular weight is 302 g/mol. The molecule has 1 N–H and O–H groups in total. The Labute approximate surface area is 123 Å². The van der Waals surface area contributed by atoms with E-state index in [4.69, 9.17) is 0 Å². The molecule has 0 aliphatic carbocycles. The van der Waals surface area contributed by atoms with Gasteiger partial charge >= 0.3 is 0 Å². The number of nitrogens with one attached hydrogen (secondary N) is 1. The third-order valence-electron chi connectivity index (χ3n) is 2.72. The molecule has 1 aromatic heterocycles. The van der Waals surface area contributed by atoms with Gasteiger partial charge in [0.05, 0.1) is 6.20 Å². The minimum atomic E-state index is -0.549. The molecule has 20 heavy (non-hydrogen) atoms. The van der Waals surface area contributed by atoms with Crippen molar-refractivity contribution in [2.75, 3.05) is 0 Å². The largest absolute Gasteiger partial charge is 0.308 e. The van der Waals surface area contributed by atoms with Crippen molar-refractivity contribution in [3.63, 3.8) is 0 Å². The second-order valence-electron chi connectivity index (χ2n) is 4.49. The molecule has 0 radical (unpaired) electrons. The van der Waals surface area contributed by atoms with Gasteiger partial charge in [-0.15, -0.1) is 12.4 Å². The van der Waals surface area contributed by atoms with Crippen molar-refractivity contribution >= 4 is 12.4 Å². The predicted molar refractivity (Wildman–Crippen MR) is 76.7 cm³/mol. The number of hydrogen-bond donors (Lipinski definition) is 1. The van der Waals surface area contributed by atoms with Crippen molar-refractivity contribution < 1.29 is 8.78 Å². The summed E-state index contributed by atoms with van der Waals surface area (Å²) in [5, 5.41) is 7.36. The highest BCUT2D eigenvalue weighted by Crippen LogP contribution is 2.08. The molecule has 0 bridgehead atoms. The summed E-state index contributed by atoms with van der Waals surface area (Å²) in [7, 11) is 0. The molecule has 0 spiro atoms. The van der Waals surface area contributed by atoms with Gasteiger partial charge in [-0.3, -0.25) is 4.68 Å². The molecule has 3 nitrogen and oxygen atoms in total. The van der Waals surface area contributed by atoms with Crippen molar-refractivity contribution in [1.29, 1.82) is 0 Å². The molecule has 1 aromatic carbocycles. The van der Waals surface area contributed by atoms with Crippen LogP contribution < -0.4 is 5.32 Å². The molecule has 0 amide bonds. The normalized spacial score (nSPS) is 10.3. The number of nitrogens with zero attached hydrogens (tertiary/aromatic N) is 2. The molecule has 0 aliphatic heterocycles. The van der Waals surface area contributed by atoms with Crippen LogP contribution in [0.3, 0.4) is 0 Å². The fourth-order valence-corrected chi connectivity index (χ4v) is 1.91. The molecule has 0 aliphatic rings. The minimum Gasteiger partial charge on any atom is -0.308 e. The SMILES string of the molecule is CCCn1cc(CNCc2cc(F)cc(F)c2)cn1.Cl. The highest BCUT2D eigenvalue weighted by Gasteiger charge is 2.01. The summed E-state index contributed by atoms with van der Waals surface area (Å²) in [6, 6.07) is 3.53. The maximum Gasteiger partial charge on any atom is 0.126 e. The first-order valence-electron chi connectivity index (χ1n) is 6.34. The number of halogens is 3. The van der Waals surface area contributed by atoms with Crippen molar-refractivity contribution in [1.82, 2.24) is 15.1 Å². The summed E-state index contributed by atoms with van der Waals surface area (Å²) in [5.74, 6) is -1.10. The lowest BCUT2D eigenvalue weighted by atomic mass is 10.2. The van der Waals surface area contributed by atoms with Gasteiger partial charge in [-0.1, -0.05) is 6.92 Å². The number of benzene rings is 1. The van der Waals surface area contributed by atoms with Crippen LogP contribution in [-0.4, -0.2) is 9.78 Å². The van der Waals surface area contributed by atoms with Gasteiger partial charge in [0.1, 0.15) is 11.6 Å². The third-order valence-corrected chi connectivity index (χ3v) is 2.72. The van der Waals surface area contributed by atoms with E-state index < -0.39 is 11.6 Å². The van der Waals surface area contributed by atoms with Crippen molar-refractivity contribution in [3.05, 3.63) is 53.4 Å². The van der Waals surface area contributed by atoms with Crippen molar-refractivity contribution in [3.8, 4) is 0 Å². The van der Waals surface area contributed by atoms with Gasteiger partial charge < -0.3 is 5.32 Å². The van der Waals surface area contributed by atoms with Gasteiger partial charge in [0.15, 0.2) is 0 Å². The third kappa shape index (κ3) is 4.90. The lowest BCUT2D eigenvalue weighted by Gasteiger charge is -2.04. The van der Waals surface area contributed by atoms with E-state index >= 15 is 0 Å². The molecule has 0 unspecified atom stereocenters. The summed E-state index contributed by atoms with van der Waals surface area (Å²) in [6.45, 7) is 4.04. The van der Waals surface area contributed by atoms with Crippen LogP contribution >= 0.6 is 12.4 Å². The van der Waals surface area contributed by atoms with Crippen LogP contribution in [0, 0.1) is 11.6 Å². The van der Waals surface area contributed by atoms with Gasteiger partial charge in [-0.2, -0.15) is 5.10 Å². The topological polar surface area (TPSA) is 29.9 Å². The van der Waals surface area contributed by atoms with E-state index in [-0.39, 0.29) is 12.4 Å². The Morgan fingerprint density at radius 1 is 1.10 bits per heavy atom. The quantitative estimate of drug-likeness (QED) is 0.887. The lowest BCUT2D eigenvalue weighted by Crippen LogP contribution is -2.12. The second kappa shape index (κ2) is 7.97. The molecule has 6 heteroatoms. The molecule has 0 fully saturated rings. The van der Waals surface area contributed by atoms with E-state index in [2.05, 4.69) is 17.3 Å². The summed E-state index contributed by atoms with van der Waals surface area (Å²) < 4.78 is 27.9. The average Bonchev–Trinajstić information content (AvgIpc) is 2.76. The zero-order valence-corrected chi connectivity index (χ0v) is 12.1. The van der Waals surface area contributed by atoms with Crippen LogP contribution in [-0.2, 0) is 19.6 Å². The highest BCUT2D eigenvalue weighted by atomic mass is 35.5. The van der Waals surface area contributed by atoms with Crippen molar-refractivity contribution in [2.24, 2.45) is 0 Å². The number of hydrogen-bond acceptors (Lipinski definition) is 2. The zero-order valence-electron chi connectivity index (χ0n) is 11.3. The number of rotatable bonds is 6. The first-order chi connectivity index (χ1) is 9.17. The number of aromatic nitrogens is 2. The molecular formula is C14H18ClF2N3. The first kappa shape index (κ1) is 16.6. The molecule has 2 aromatic rings. The van der Waals surface area contributed by atoms with E-state index in [1.54, 1.807) is 6.20 Å². The summed E-state index contributed by atoms with van der Waals surface area (Å²) in [6.07, 6.45) is 4.81. The monoisotopic (exact) mass is 301 g/mol. The van der Waals surface area contributed by atoms with E-state index in [9.17, 15) is 8.78 Å². The molecule has 2 rings (SSSR count). The standard InChI is InChI=1S/C14H17F2N3.ClH/c1-2-3-19-10-12(9-18-19)8-17-7-11-4-13(15)6-14(16)5-11;/h4-6,9-10,17H,2-3,7-8H2,1H3;1H. The minimum absolute atomic E-state index is 0. The fourth-order valence-electron chi connectivity index (χ4n) is 1.91. The molecule has 1 heterocycles. The predicted octanol–water partition coefficient (Wildman–Crippen LogP) is 3.28. The Morgan fingerprint density at radius 3 is 2.40 bits per heavy atom. The van der Waals surface area contributed by atoms with E-state index in [1.165, 1.54) is 12.1 Å². The second-order valence-corrected chi connectivity index (χ2v) is 4.49. The Balaban J connectivity index is 0.00000200. The van der Waals surface area contributed by atoms with Crippen LogP contribution in [0.2, 0.25) is 0 Å². The van der Waals surface area contributed by atoms with Gasteiger partial charge in [0, 0.05) is 37.5 Å². The zero-order chi connectivity index (χ0) is 13.7. The van der Waals surface area contributed by atoms with Crippen LogP contribution in [0.4, 0.5) is 8.78 Å². The summed E-state index contributed by atoms with van der Waals surface area (Å²) >= 11 is 0. The molecule has 0 saturated carbocycles. The molecular weight excluding hydrogens is 284 g/mol. The molecule has 110 valence electrons. The molecule has 0 atom stereocenters. The van der Waals surface area contributed by atoms with E-state index in [0.717, 1.165) is 24.6 Å². The van der Waals surface area contributed by atoms with Gasteiger partial charge in [0.25, 0.3) is 0 Å². The van der Waals surface area contributed by atoms with Gasteiger partial charge in [0.2, 0.25) is 0 Å². The Morgan fingerprint density at radius 2 is 1.75 bits per heavy atom. The van der Waals surface area contributed by atoms with Crippen LogP contribution in [0.15, 0.2) is 30.6 Å². The summed E-state index contributed by atoms with van der Waals surface area (Å²) in [5.41, 5.74) is 1.66.